The van der Waals surface area contributed by atoms with Gasteiger partial charge in [0.2, 0.25) is 5.91 Å². The van der Waals surface area contributed by atoms with Crippen molar-refractivity contribution in [3.63, 3.8) is 0 Å². The number of thiophene rings is 1. The number of halogens is 4. The maximum absolute atomic E-state index is 13.9. The molecule has 1 atom stereocenters. The average Bonchev–Trinajstić information content (AvgIpc) is 3.52. The number of hydrogen-bond donors (Lipinski definition) is 3. The number of phenols is 1. The fraction of sp³-hybridized carbons (Fsp3) is 0.594. The lowest BCUT2D eigenvalue weighted by Crippen LogP contribution is -2.57. The van der Waals surface area contributed by atoms with Crippen molar-refractivity contribution < 1.29 is 32.7 Å². The Balaban J connectivity index is 1.13. The number of anilines is 1. The van der Waals surface area contributed by atoms with Crippen LogP contribution in [0.25, 0.3) is 0 Å². The van der Waals surface area contributed by atoms with Crippen molar-refractivity contribution in [2.45, 2.75) is 82.2 Å². The van der Waals surface area contributed by atoms with E-state index in [1.54, 1.807) is 26.0 Å². The van der Waals surface area contributed by atoms with E-state index < -0.39 is 34.6 Å². The number of carbonyl (C=O) groups is 3. The molecule has 4 aliphatic rings. The van der Waals surface area contributed by atoms with Gasteiger partial charge in [-0.1, -0.05) is 18.0 Å². The number of urea groups is 2. The Morgan fingerprint density at radius 3 is 2.34 bits per heavy atom. The van der Waals surface area contributed by atoms with Crippen molar-refractivity contribution in [3.05, 3.63) is 44.6 Å². The minimum atomic E-state index is -4.86. The molecule has 0 radical (unpaired) electrons. The van der Waals surface area contributed by atoms with Gasteiger partial charge >= 0.3 is 18.2 Å². The topological polar surface area (TPSA) is 108 Å². The van der Waals surface area contributed by atoms with E-state index >= 15 is 0 Å². The number of piperidine rings is 3. The molecule has 0 unspecified atom stereocenters. The number of phenolic OH excluding ortho intramolecular Hbond substituents is 1. The first kappa shape index (κ1) is 33.7. The molecule has 5 amide bonds. The summed E-state index contributed by atoms with van der Waals surface area (Å²) < 4.78 is 41.1. The Bertz CT molecular complexity index is 1470. The largest absolute Gasteiger partial charge is 0.506 e. The summed E-state index contributed by atoms with van der Waals surface area (Å²) in [4.78, 5) is 48.9. The standard InChI is InChI=1S/C32H40ClF3N6O4S/c33-24-17-20(16-23(28(24)43)32(34,35)36)18-26(29(44)40-11-4-21(5-12-40)39-9-2-1-3-10-39)38-30(45)41-13-6-22(7-14-41)42-19-27-25(8-15-47-27)37-31(42)46/h8,15-17,21-22,26,43H,1-7,9-14,18-19H2,(H,37,46)(H,38,45)/t26-/m1/s1. The Hall–Kier alpha value is -3.23. The van der Waals surface area contributed by atoms with Crippen LogP contribution in [0.2, 0.25) is 5.02 Å². The fourth-order valence-electron chi connectivity index (χ4n) is 7.28. The molecule has 10 nitrogen and oxygen atoms in total. The minimum Gasteiger partial charge on any atom is -0.506 e. The fourth-order valence-corrected chi connectivity index (χ4v) is 8.35. The molecule has 0 bridgehead atoms. The smallest absolute Gasteiger partial charge is 0.420 e. The van der Waals surface area contributed by atoms with Gasteiger partial charge in [-0.25, -0.2) is 9.59 Å². The van der Waals surface area contributed by atoms with Gasteiger partial charge in [-0.2, -0.15) is 13.2 Å². The molecule has 1 aromatic heterocycles. The number of aromatic hydroxyl groups is 1. The molecular weight excluding hydrogens is 657 g/mol. The first-order chi connectivity index (χ1) is 22.5. The summed E-state index contributed by atoms with van der Waals surface area (Å²) >= 11 is 7.57. The molecule has 3 fully saturated rings. The lowest BCUT2D eigenvalue weighted by Gasteiger charge is -2.41. The van der Waals surface area contributed by atoms with Crippen LogP contribution in [0, 0.1) is 0 Å². The summed E-state index contributed by atoms with van der Waals surface area (Å²) in [6.45, 7) is 4.29. The molecule has 1 aromatic carbocycles. The first-order valence-electron chi connectivity index (χ1n) is 16.3. The second-order valence-corrected chi connectivity index (χ2v) is 14.3. The molecule has 256 valence electrons. The van der Waals surface area contributed by atoms with Gasteiger partial charge in [0.25, 0.3) is 0 Å². The van der Waals surface area contributed by atoms with Crippen molar-refractivity contribution in [3.8, 4) is 5.75 Å². The van der Waals surface area contributed by atoms with Crippen LogP contribution in [-0.4, -0.2) is 100 Å². The third-order valence-electron chi connectivity index (χ3n) is 9.90. The third-order valence-corrected chi connectivity index (χ3v) is 11.1. The molecule has 0 spiro atoms. The normalized spacial score (nSPS) is 20.9. The quantitative estimate of drug-likeness (QED) is 0.358. The van der Waals surface area contributed by atoms with Crippen molar-refractivity contribution in [2.24, 2.45) is 0 Å². The van der Waals surface area contributed by atoms with Crippen molar-refractivity contribution >= 4 is 46.6 Å². The second kappa shape index (κ2) is 14.1. The predicted octanol–water partition coefficient (Wildman–Crippen LogP) is 5.74. The van der Waals surface area contributed by atoms with E-state index in [0.29, 0.717) is 51.6 Å². The van der Waals surface area contributed by atoms with E-state index in [0.717, 1.165) is 42.6 Å². The monoisotopic (exact) mass is 696 g/mol. The second-order valence-electron chi connectivity index (χ2n) is 12.9. The van der Waals surface area contributed by atoms with Crippen LogP contribution >= 0.6 is 22.9 Å². The molecule has 15 heteroatoms. The molecule has 4 aliphatic heterocycles. The Morgan fingerprint density at radius 2 is 1.66 bits per heavy atom. The molecular formula is C32H40ClF3N6O4S. The van der Waals surface area contributed by atoms with Crippen LogP contribution in [0.5, 0.6) is 5.75 Å². The highest BCUT2D eigenvalue weighted by molar-refractivity contribution is 7.10. The zero-order chi connectivity index (χ0) is 33.3. The Kier molecular flexibility index (Phi) is 10.1. The van der Waals surface area contributed by atoms with Gasteiger partial charge in [0.15, 0.2) is 0 Å². The highest BCUT2D eigenvalue weighted by Crippen LogP contribution is 2.40. The number of amides is 5. The van der Waals surface area contributed by atoms with Crippen LogP contribution < -0.4 is 10.6 Å². The lowest BCUT2D eigenvalue weighted by atomic mass is 9.97. The number of nitrogens with zero attached hydrogens (tertiary/aromatic N) is 4. The molecule has 0 saturated carbocycles. The number of hydrogen-bond acceptors (Lipinski definition) is 6. The molecule has 0 aliphatic carbocycles. The van der Waals surface area contributed by atoms with Gasteiger partial charge in [0.05, 0.1) is 22.8 Å². The van der Waals surface area contributed by atoms with Gasteiger partial charge in [-0.3, -0.25) is 4.79 Å². The SMILES string of the molecule is O=C(N[C@H](Cc1cc(Cl)c(O)c(C(F)(F)F)c1)C(=O)N1CCC(N2CCCCC2)CC1)N1CCC(N2Cc3sccc3NC2=O)CC1. The summed E-state index contributed by atoms with van der Waals surface area (Å²) in [6.07, 6.45) is 1.16. The molecule has 5 heterocycles. The summed E-state index contributed by atoms with van der Waals surface area (Å²) in [7, 11) is 0. The Morgan fingerprint density at radius 1 is 1.00 bits per heavy atom. The van der Waals surface area contributed by atoms with Crippen LogP contribution in [0.4, 0.5) is 28.4 Å². The van der Waals surface area contributed by atoms with Crippen molar-refractivity contribution in [1.82, 2.24) is 24.9 Å². The number of benzene rings is 1. The molecule has 47 heavy (non-hydrogen) atoms. The molecule has 3 N–H and O–H groups in total. The van der Waals surface area contributed by atoms with Gasteiger partial charge in [0, 0.05) is 49.6 Å². The summed E-state index contributed by atoms with van der Waals surface area (Å²) in [5.41, 5.74) is -0.389. The van der Waals surface area contributed by atoms with E-state index in [4.69, 9.17) is 11.6 Å². The van der Waals surface area contributed by atoms with Gasteiger partial charge < -0.3 is 35.3 Å². The average molecular weight is 697 g/mol. The predicted molar refractivity (Wildman–Crippen MR) is 173 cm³/mol. The van der Waals surface area contributed by atoms with E-state index in [2.05, 4.69) is 15.5 Å². The van der Waals surface area contributed by atoms with Crippen molar-refractivity contribution in [1.29, 1.82) is 0 Å². The maximum atomic E-state index is 13.9. The number of nitrogens with one attached hydrogen (secondary N) is 2. The van der Waals surface area contributed by atoms with Crippen LogP contribution in [-0.2, 0) is 23.9 Å². The van der Waals surface area contributed by atoms with Crippen molar-refractivity contribution in [2.75, 3.05) is 44.6 Å². The summed E-state index contributed by atoms with van der Waals surface area (Å²) in [5, 5.41) is 17.2. The maximum Gasteiger partial charge on any atom is 0.420 e. The van der Waals surface area contributed by atoms with Gasteiger partial charge in [0.1, 0.15) is 11.8 Å². The first-order valence-corrected chi connectivity index (χ1v) is 17.5. The van der Waals surface area contributed by atoms with Gasteiger partial charge in [-0.05, 0) is 80.8 Å². The zero-order valence-corrected chi connectivity index (χ0v) is 27.6. The van der Waals surface area contributed by atoms with Gasteiger partial charge in [-0.15, -0.1) is 11.3 Å². The number of carbonyl (C=O) groups excluding carboxylic acids is 3. The molecule has 3 saturated heterocycles. The summed E-state index contributed by atoms with van der Waals surface area (Å²) in [6, 6.07) is 2.39. The zero-order valence-electron chi connectivity index (χ0n) is 26.0. The number of likely N-dealkylation sites (tertiary alicyclic amines) is 3. The van der Waals surface area contributed by atoms with E-state index in [-0.39, 0.29) is 30.0 Å². The van der Waals surface area contributed by atoms with Crippen LogP contribution in [0.15, 0.2) is 23.6 Å². The van der Waals surface area contributed by atoms with Crippen LogP contribution in [0.1, 0.15) is 60.9 Å². The highest BCUT2D eigenvalue weighted by atomic mass is 35.5. The lowest BCUT2D eigenvalue weighted by molar-refractivity contribution is -0.138. The minimum absolute atomic E-state index is 0.0622. The third kappa shape index (κ3) is 7.59. The number of fused-ring (bicyclic) bond motifs is 1. The highest BCUT2D eigenvalue weighted by Gasteiger charge is 2.38. The number of alkyl halides is 3. The molecule has 6 rings (SSSR count). The van der Waals surface area contributed by atoms with E-state index in [1.165, 1.54) is 25.3 Å². The Labute approximate surface area is 280 Å². The van der Waals surface area contributed by atoms with E-state index in [1.807, 2.05) is 11.4 Å². The molecule has 2 aromatic rings. The van der Waals surface area contributed by atoms with Crippen LogP contribution in [0.3, 0.4) is 0 Å². The number of rotatable bonds is 6. The van der Waals surface area contributed by atoms with E-state index in [9.17, 15) is 32.7 Å². The summed E-state index contributed by atoms with van der Waals surface area (Å²) in [5.74, 6) is -1.44.